The van der Waals surface area contributed by atoms with Gasteiger partial charge in [-0.25, -0.2) is 4.98 Å². The van der Waals surface area contributed by atoms with Gasteiger partial charge in [0.1, 0.15) is 5.15 Å². The molecule has 0 amide bonds. The summed E-state index contributed by atoms with van der Waals surface area (Å²) in [6, 6.07) is 1.87. The molecule has 0 saturated carbocycles. The number of allylic oxidation sites excluding steroid dienone is 1. The normalized spacial score (nSPS) is 9.64. The van der Waals surface area contributed by atoms with Crippen molar-refractivity contribution in [1.29, 1.82) is 0 Å². The highest BCUT2D eigenvalue weighted by Gasteiger charge is 2.02. The monoisotopic (exact) mass is 231 g/mol. The number of halogens is 2. The summed E-state index contributed by atoms with van der Waals surface area (Å²) in [5, 5.41) is 0.541. The van der Waals surface area contributed by atoms with Crippen LogP contribution in [0.1, 0.15) is 5.56 Å². The summed E-state index contributed by atoms with van der Waals surface area (Å²) in [4.78, 5) is 3.95. The predicted octanol–water partition coefficient (Wildman–Crippen LogP) is 3.23. The first kappa shape index (κ1) is 8.75. The molecular formula is C8H7BrClN. The summed E-state index contributed by atoms with van der Waals surface area (Å²) in [7, 11) is 0. The number of hydrogen-bond acceptors (Lipinski definition) is 1. The Morgan fingerprint density at radius 1 is 1.73 bits per heavy atom. The lowest BCUT2D eigenvalue weighted by Crippen LogP contribution is -1.87. The minimum Gasteiger partial charge on any atom is -0.244 e. The van der Waals surface area contributed by atoms with E-state index in [0.29, 0.717) is 5.15 Å². The van der Waals surface area contributed by atoms with E-state index in [1.54, 1.807) is 12.3 Å². The Balaban J connectivity index is 3.09. The zero-order valence-corrected chi connectivity index (χ0v) is 8.19. The van der Waals surface area contributed by atoms with Gasteiger partial charge >= 0.3 is 0 Å². The van der Waals surface area contributed by atoms with Gasteiger partial charge in [-0.2, -0.15) is 0 Å². The summed E-state index contributed by atoms with van der Waals surface area (Å²) in [5.74, 6) is 0. The van der Waals surface area contributed by atoms with E-state index in [1.807, 2.05) is 6.07 Å². The van der Waals surface area contributed by atoms with E-state index in [-0.39, 0.29) is 0 Å². The fourth-order valence-corrected chi connectivity index (χ4v) is 1.59. The van der Waals surface area contributed by atoms with Crippen molar-refractivity contribution in [3.63, 3.8) is 0 Å². The summed E-state index contributed by atoms with van der Waals surface area (Å²) >= 11 is 9.20. The maximum absolute atomic E-state index is 5.82. The number of nitrogens with zero attached hydrogens (tertiary/aromatic N) is 1. The van der Waals surface area contributed by atoms with E-state index in [4.69, 9.17) is 11.6 Å². The Labute approximate surface area is 79.2 Å². The van der Waals surface area contributed by atoms with E-state index in [1.165, 1.54) is 0 Å². The fraction of sp³-hybridized carbons (Fsp3) is 0.125. The molecule has 1 heterocycles. The number of aromatic nitrogens is 1. The van der Waals surface area contributed by atoms with Crippen LogP contribution in [0.25, 0.3) is 0 Å². The smallest absolute Gasteiger partial charge is 0.133 e. The molecule has 0 N–H and O–H groups in total. The Morgan fingerprint density at radius 2 is 2.45 bits per heavy atom. The molecule has 0 aliphatic carbocycles. The van der Waals surface area contributed by atoms with Crippen LogP contribution in [-0.4, -0.2) is 4.98 Å². The molecule has 1 rings (SSSR count). The van der Waals surface area contributed by atoms with Gasteiger partial charge in [-0.3, -0.25) is 0 Å². The van der Waals surface area contributed by atoms with Crippen LogP contribution in [0.2, 0.25) is 5.15 Å². The van der Waals surface area contributed by atoms with Gasteiger partial charge in [-0.15, -0.1) is 6.58 Å². The van der Waals surface area contributed by atoms with Crippen LogP contribution in [-0.2, 0) is 6.42 Å². The largest absolute Gasteiger partial charge is 0.244 e. The second-order valence-corrected chi connectivity index (χ2v) is 3.27. The van der Waals surface area contributed by atoms with E-state index in [0.717, 1.165) is 16.5 Å². The van der Waals surface area contributed by atoms with Gasteiger partial charge < -0.3 is 0 Å². The predicted molar refractivity (Wildman–Crippen MR) is 50.8 cm³/mol. The first-order chi connectivity index (χ1) is 5.25. The first-order valence-electron chi connectivity index (χ1n) is 3.15. The third kappa shape index (κ3) is 2.04. The van der Waals surface area contributed by atoms with Crippen LogP contribution >= 0.6 is 27.5 Å². The Hall–Kier alpha value is -0.340. The van der Waals surface area contributed by atoms with Gasteiger partial charge in [0.05, 0.1) is 0 Å². The fourth-order valence-electron chi connectivity index (χ4n) is 0.771. The molecule has 0 atom stereocenters. The van der Waals surface area contributed by atoms with Gasteiger partial charge in [-0.05, 0) is 12.5 Å². The third-order valence-electron chi connectivity index (χ3n) is 1.29. The van der Waals surface area contributed by atoms with Crippen molar-refractivity contribution in [3.05, 3.63) is 40.1 Å². The van der Waals surface area contributed by atoms with Crippen LogP contribution in [0.15, 0.2) is 29.4 Å². The molecule has 1 aromatic rings. The highest BCUT2D eigenvalue weighted by molar-refractivity contribution is 9.10. The molecule has 0 aliphatic rings. The third-order valence-corrected chi connectivity index (χ3v) is 2.36. The van der Waals surface area contributed by atoms with E-state index in [2.05, 4.69) is 27.5 Å². The number of hydrogen-bond donors (Lipinski definition) is 0. The lowest BCUT2D eigenvalue weighted by molar-refractivity contribution is 1.17. The molecule has 11 heavy (non-hydrogen) atoms. The molecule has 0 radical (unpaired) electrons. The van der Waals surface area contributed by atoms with E-state index < -0.39 is 0 Å². The van der Waals surface area contributed by atoms with E-state index in [9.17, 15) is 0 Å². The Kier molecular flexibility index (Phi) is 3.09. The maximum atomic E-state index is 5.82. The lowest BCUT2D eigenvalue weighted by Gasteiger charge is -2.01. The average Bonchev–Trinajstić information content (AvgIpc) is 1.97. The van der Waals surface area contributed by atoms with Gasteiger partial charge in [0.2, 0.25) is 0 Å². The van der Waals surface area contributed by atoms with Gasteiger partial charge in [-0.1, -0.05) is 33.6 Å². The molecule has 0 spiro atoms. The molecule has 1 nitrogen and oxygen atoms in total. The molecule has 0 aliphatic heterocycles. The van der Waals surface area contributed by atoms with Crippen molar-refractivity contribution in [3.8, 4) is 0 Å². The topological polar surface area (TPSA) is 12.9 Å². The van der Waals surface area contributed by atoms with Crippen LogP contribution < -0.4 is 0 Å². The summed E-state index contributed by atoms with van der Waals surface area (Å²) in [6.45, 7) is 3.63. The molecule has 0 saturated heterocycles. The Bertz CT molecular complexity index is 253. The zero-order valence-electron chi connectivity index (χ0n) is 5.85. The van der Waals surface area contributed by atoms with Gasteiger partial charge in [0.25, 0.3) is 0 Å². The standard InChI is InChI=1S/C8H7BrClN/c1-2-3-6-7(9)4-5-11-8(6)10/h2,4-5H,1,3H2. The van der Waals surface area contributed by atoms with Crippen molar-refractivity contribution in [2.24, 2.45) is 0 Å². The van der Waals surface area contributed by atoms with Crippen molar-refractivity contribution < 1.29 is 0 Å². The minimum absolute atomic E-state index is 0.541. The Morgan fingerprint density at radius 3 is 3.00 bits per heavy atom. The second kappa shape index (κ2) is 3.88. The number of pyridine rings is 1. The maximum Gasteiger partial charge on any atom is 0.133 e. The molecule has 0 aromatic carbocycles. The summed E-state index contributed by atoms with van der Waals surface area (Å²) < 4.78 is 0.984. The molecular weight excluding hydrogens is 225 g/mol. The quantitative estimate of drug-likeness (QED) is 0.563. The highest BCUT2D eigenvalue weighted by atomic mass is 79.9. The second-order valence-electron chi connectivity index (χ2n) is 2.05. The summed E-state index contributed by atoms with van der Waals surface area (Å²) in [5.41, 5.74) is 0.990. The minimum atomic E-state index is 0.541. The van der Waals surface area contributed by atoms with Gasteiger partial charge in [0, 0.05) is 16.2 Å². The highest BCUT2D eigenvalue weighted by Crippen LogP contribution is 2.22. The molecule has 58 valence electrons. The molecule has 0 fully saturated rings. The van der Waals surface area contributed by atoms with Gasteiger partial charge in [0.15, 0.2) is 0 Å². The molecule has 3 heteroatoms. The first-order valence-corrected chi connectivity index (χ1v) is 4.32. The van der Waals surface area contributed by atoms with Crippen LogP contribution in [0.5, 0.6) is 0 Å². The summed E-state index contributed by atoms with van der Waals surface area (Å²) in [6.07, 6.45) is 4.21. The average molecular weight is 233 g/mol. The SMILES string of the molecule is C=CCc1c(Br)ccnc1Cl. The van der Waals surface area contributed by atoms with Crippen molar-refractivity contribution >= 4 is 27.5 Å². The van der Waals surface area contributed by atoms with Crippen molar-refractivity contribution in [1.82, 2.24) is 4.98 Å². The van der Waals surface area contributed by atoms with Crippen LogP contribution in [0.3, 0.4) is 0 Å². The zero-order chi connectivity index (χ0) is 8.27. The molecule has 1 aromatic heterocycles. The molecule has 0 unspecified atom stereocenters. The van der Waals surface area contributed by atoms with Crippen LogP contribution in [0, 0.1) is 0 Å². The van der Waals surface area contributed by atoms with Crippen LogP contribution in [0.4, 0.5) is 0 Å². The number of rotatable bonds is 2. The van der Waals surface area contributed by atoms with Crippen molar-refractivity contribution in [2.75, 3.05) is 0 Å². The van der Waals surface area contributed by atoms with E-state index >= 15 is 0 Å². The van der Waals surface area contributed by atoms with Crippen molar-refractivity contribution in [2.45, 2.75) is 6.42 Å². The lowest BCUT2D eigenvalue weighted by atomic mass is 10.2. The molecule has 0 bridgehead atoms.